The molecule has 0 spiro atoms. The van der Waals surface area contributed by atoms with Crippen molar-refractivity contribution in [1.82, 2.24) is 0 Å². The van der Waals surface area contributed by atoms with Gasteiger partial charge in [-0.2, -0.15) is 5.26 Å². The normalized spacial score (nSPS) is 12.1. The molecule has 5 aromatic rings. The van der Waals surface area contributed by atoms with Crippen LogP contribution in [0, 0.1) is 11.3 Å². The summed E-state index contributed by atoms with van der Waals surface area (Å²) in [6.45, 7) is 0. The summed E-state index contributed by atoms with van der Waals surface area (Å²) in [5.74, 6) is -0.529. The van der Waals surface area contributed by atoms with Crippen LogP contribution in [0.2, 0.25) is 0 Å². The van der Waals surface area contributed by atoms with Crippen molar-refractivity contribution in [2.24, 2.45) is 0 Å². The van der Waals surface area contributed by atoms with E-state index in [0.717, 1.165) is 16.7 Å². The van der Waals surface area contributed by atoms with Crippen molar-refractivity contribution in [1.29, 1.82) is 5.26 Å². The van der Waals surface area contributed by atoms with E-state index in [-0.39, 0.29) is 5.92 Å². The fourth-order valence-corrected chi connectivity index (χ4v) is 5.52. The van der Waals surface area contributed by atoms with Crippen LogP contribution >= 0.6 is 0 Å². The summed E-state index contributed by atoms with van der Waals surface area (Å²) in [5, 5.41) is 10.9. The van der Waals surface area contributed by atoms with Crippen LogP contribution < -0.4 is 0 Å². The van der Waals surface area contributed by atoms with E-state index in [1.54, 1.807) is 0 Å². The van der Waals surface area contributed by atoms with Crippen molar-refractivity contribution in [2.75, 3.05) is 0 Å². The molecule has 0 bridgehead atoms. The summed E-state index contributed by atoms with van der Waals surface area (Å²) >= 11 is 0. The van der Waals surface area contributed by atoms with Crippen LogP contribution in [-0.2, 0) is 5.41 Å². The Hall–Kier alpha value is -4.41. The van der Waals surface area contributed by atoms with Gasteiger partial charge in [-0.1, -0.05) is 152 Å². The summed E-state index contributed by atoms with van der Waals surface area (Å²) in [7, 11) is 0. The van der Waals surface area contributed by atoms with Gasteiger partial charge in [0.25, 0.3) is 0 Å². The second-order valence-electron chi connectivity index (χ2n) is 8.83. The van der Waals surface area contributed by atoms with E-state index in [4.69, 9.17) is 0 Å². The molecule has 0 heterocycles. The third-order valence-corrected chi connectivity index (χ3v) is 6.94. The number of hydrogen-bond donors (Lipinski definition) is 0. The molecule has 0 aromatic heterocycles. The highest BCUT2D eigenvalue weighted by atomic mass is 14.5. The Morgan fingerprint density at radius 3 is 1.09 bits per heavy atom. The van der Waals surface area contributed by atoms with Crippen molar-refractivity contribution < 1.29 is 0 Å². The SMILES string of the molecule is N#C[C@@H](c1ccccc1)C(c1ccccc1)(c1ccccc1)C(c1ccccc1)c1ccccc1. The summed E-state index contributed by atoms with van der Waals surface area (Å²) in [6.07, 6.45) is 0. The molecule has 0 fully saturated rings. The first-order chi connectivity index (χ1) is 17.4. The number of benzene rings is 5. The molecular weight excluding hydrogens is 422 g/mol. The van der Waals surface area contributed by atoms with E-state index >= 15 is 0 Å². The minimum absolute atomic E-state index is 0.0976. The van der Waals surface area contributed by atoms with Crippen LogP contribution in [0.25, 0.3) is 0 Å². The lowest BCUT2D eigenvalue weighted by Gasteiger charge is -2.46. The smallest absolute Gasteiger partial charge is 0.0859 e. The van der Waals surface area contributed by atoms with Crippen molar-refractivity contribution in [3.05, 3.63) is 179 Å². The van der Waals surface area contributed by atoms with Gasteiger partial charge in [-0.25, -0.2) is 0 Å². The summed E-state index contributed by atoms with van der Waals surface area (Å²) in [4.78, 5) is 0. The molecule has 0 radical (unpaired) electrons. The lowest BCUT2D eigenvalue weighted by molar-refractivity contribution is 0.414. The Labute approximate surface area is 208 Å². The summed E-state index contributed by atoms with van der Waals surface area (Å²) in [6, 6.07) is 55.4. The number of hydrogen-bond acceptors (Lipinski definition) is 1. The molecule has 0 N–H and O–H groups in total. The molecule has 168 valence electrons. The van der Waals surface area contributed by atoms with Crippen molar-refractivity contribution in [3.63, 3.8) is 0 Å². The zero-order chi connectivity index (χ0) is 23.9. The van der Waals surface area contributed by atoms with Crippen molar-refractivity contribution in [3.8, 4) is 6.07 Å². The van der Waals surface area contributed by atoms with E-state index in [0.29, 0.717) is 0 Å². The zero-order valence-electron chi connectivity index (χ0n) is 19.5. The molecular formula is C34H27N. The molecule has 1 nitrogen and oxygen atoms in total. The molecule has 5 rings (SSSR count). The maximum atomic E-state index is 10.9. The number of nitrogens with zero attached hydrogens (tertiary/aromatic N) is 1. The van der Waals surface area contributed by atoms with Crippen LogP contribution in [0.15, 0.2) is 152 Å². The molecule has 0 saturated carbocycles. The van der Waals surface area contributed by atoms with Gasteiger partial charge in [-0.3, -0.25) is 0 Å². The zero-order valence-corrected chi connectivity index (χ0v) is 19.5. The second-order valence-corrected chi connectivity index (χ2v) is 8.83. The Balaban J connectivity index is 1.95. The molecule has 5 aromatic carbocycles. The average Bonchev–Trinajstić information content (AvgIpc) is 2.95. The van der Waals surface area contributed by atoms with Gasteiger partial charge in [0.1, 0.15) is 0 Å². The predicted octanol–water partition coefficient (Wildman–Crippen LogP) is 8.11. The fraction of sp³-hybridized carbons (Fsp3) is 0.0882. The van der Waals surface area contributed by atoms with Crippen LogP contribution in [0.4, 0.5) is 0 Å². The monoisotopic (exact) mass is 449 g/mol. The highest BCUT2D eigenvalue weighted by molar-refractivity contribution is 5.55. The van der Waals surface area contributed by atoms with E-state index in [9.17, 15) is 5.26 Å². The Morgan fingerprint density at radius 2 is 0.743 bits per heavy atom. The Kier molecular flexibility index (Phi) is 6.55. The van der Waals surface area contributed by atoms with Crippen LogP contribution in [0.5, 0.6) is 0 Å². The molecule has 0 aliphatic heterocycles. The maximum Gasteiger partial charge on any atom is 0.0859 e. The van der Waals surface area contributed by atoms with E-state index < -0.39 is 11.3 Å². The average molecular weight is 450 g/mol. The van der Waals surface area contributed by atoms with Gasteiger partial charge in [-0.05, 0) is 27.8 Å². The van der Waals surface area contributed by atoms with E-state index in [1.807, 2.05) is 30.3 Å². The first kappa shape index (κ1) is 22.4. The molecule has 35 heavy (non-hydrogen) atoms. The largest absolute Gasteiger partial charge is 0.198 e. The van der Waals surface area contributed by atoms with Gasteiger partial charge >= 0.3 is 0 Å². The highest BCUT2D eigenvalue weighted by Gasteiger charge is 2.50. The lowest BCUT2D eigenvalue weighted by Crippen LogP contribution is -2.41. The minimum atomic E-state index is -0.679. The van der Waals surface area contributed by atoms with Crippen molar-refractivity contribution in [2.45, 2.75) is 17.3 Å². The van der Waals surface area contributed by atoms with Gasteiger partial charge < -0.3 is 0 Å². The Bertz CT molecular complexity index is 1290. The minimum Gasteiger partial charge on any atom is -0.198 e. The molecule has 1 heteroatoms. The lowest BCUT2D eigenvalue weighted by atomic mass is 9.54. The molecule has 0 aliphatic carbocycles. The maximum absolute atomic E-state index is 10.9. The molecule has 0 unspecified atom stereocenters. The first-order valence-corrected chi connectivity index (χ1v) is 12.0. The highest BCUT2D eigenvalue weighted by Crippen LogP contribution is 2.55. The predicted molar refractivity (Wildman–Crippen MR) is 143 cm³/mol. The van der Waals surface area contributed by atoms with E-state index in [2.05, 4.69) is 127 Å². The molecule has 0 amide bonds. The second kappa shape index (κ2) is 10.2. The third-order valence-electron chi connectivity index (χ3n) is 6.94. The van der Waals surface area contributed by atoms with Crippen LogP contribution in [0.1, 0.15) is 39.7 Å². The first-order valence-electron chi connectivity index (χ1n) is 12.0. The third kappa shape index (κ3) is 4.16. The number of rotatable bonds is 7. The van der Waals surface area contributed by atoms with Gasteiger partial charge in [0.05, 0.1) is 17.4 Å². The fourth-order valence-electron chi connectivity index (χ4n) is 5.52. The topological polar surface area (TPSA) is 23.8 Å². The summed E-state index contributed by atoms with van der Waals surface area (Å²) < 4.78 is 0. The standard InChI is InChI=1S/C34H27N/c35-26-32(27-16-6-1-7-17-27)34(30-22-12-4-13-23-30,31-24-14-5-15-25-31)33(28-18-8-2-9-19-28)29-20-10-3-11-21-29/h1-25,32-33H/t32-/m0/s1. The van der Waals surface area contributed by atoms with Gasteiger partial charge in [0.2, 0.25) is 0 Å². The van der Waals surface area contributed by atoms with Gasteiger partial charge in [0, 0.05) is 5.92 Å². The van der Waals surface area contributed by atoms with Gasteiger partial charge in [-0.15, -0.1) is 0 Å². The van der Waals surface area contributed by atoms with Crippen LogP contribution in [0.3, 0.4) is 0 Å². The summed E-state index contributed by atoms with van der Waals surface area (Å²) in [5.41, 5.74) is 4.95. The van der Waals surface area contributed by atoms with E-state index in [1.165, 1.54) is 11.1 Å². The quantitative estimate of drug-likeness (QED) is 0.246. The molecule has 1 atom stereocenters. The molecule has 0 aliphatic rings. The molecule has 0 saturated heterocycles. The van der Waals surface area contributed by atoms with Gasteiger partial charge in [0.15, 0.2) is 0 Å². The van der Waals surface area contributed by atoms with Crippen LogP contribution in [-0.4, -0.2) is 0 Å². The number of nitriles is 1. The van der Waals surface area contributed by atoms with Crippen molar-refractivity contribution >= 4 is 0 Å². The Morgan fingerprint density at radius 1 is 0.429 bits per heavy atom.